The molecular formula is C21H24Cl2N2O2. The number of likely N-dealkylation sites (tertiary alicyclic amines) is 1. The lowest BCUT2D eigenvalue weighted by molar-refractivity contribution is 0.0779. The number of carbonyl (C=O) groups excluding carboxylic acids is 1. The molecule has 2 N–H and O–H groups in total. The van der Waals surface area contributed by atoms with Gasteiger partial charge in [-0.1, -0.05) is 29.8 Å². The zero-order chi connectivity index (χ0) is 18.1. The molecule has 2 aromatic carbocycles. The number of rotatable bonds is 4. The molecule has 144 valence electrons. The van der Waals surface area contributed by atoms with Gasteiger partial charge in [0.15, 0.2) is 0 Å². The molecule has 0 aromatic heterocycles. The Kier molecular flexibility index (Phi) is 6.30. The summed E-state index contributed by atoms with van der Waals surface area (Å²) in [5.41, 5.74) is 7.89. The van der Waals surface area contributed by atoms with Gasteiger partial charge in [-0.05, 0) is 60.6 Å². The number of carbonyl (C=O) groups is 1. The van der Waals surface area contributed by atoms with Crippen LogP contribution in [0.1, 0.15) is 28.8 Å². The van der Waals surface area contributed by atoms with Crippen molar-refractivity contribution in [1.82, 2.24) is 4.90 Å². The third-order valence-electron chi connectivity index (χ3n) is 5.60. The summed E-state index contributed by atoms with van der Waals surface area (Å²) in [5.74, 6) is 1.80. The second-order valence-corrected chi connectivity index (χ2v) is 7.75. The molecule has 0 spiro atoms. The summed E-state index contributed by atoms with van der Waals surface area (Å²) < 4.78 is 5.84. The van der Waals surface area contributed by atoms with Crippen molar-refractivity contribution in [2.45, 2.75) is 25.5 Å². The fourth-order valence-electron chi connectivity index (χ4n) is 4.12. The van der Waals surface area contributed by atoms with Crippen LogP contribution in [0, 0.1) is 11.8 Å². The zero-order valence-corrected chi connectivity index (χ0v) is 16.6. The average Bonchev–Trinajstić information content (AvgIpc) is 3.23. The van der Waals surface area contributed by atoms with E-state index in [4.69, 9.17) is 22.1 Å². The minimum atomic E-state index is 0. The molecule has 4 rings (SSSR count). The van der Waals surface area contributed by atoms with Crippen molar-refractivity contribution in [3.8, 4) is 5.75 Å². The van der Waals surface area contributed by atoms with Gasteiger partial charge in [-0.15, -0.1) is 12.4 Å². The Labute approximate surface area is 171 Å². The standard InChI is InChI=1S/C21H23ClN2O2.ClH/c22-17-7-4-14(5-8-17)13-26-18-3-1-2-15(10-18)21(25)24-11-16-6-9-20(23)19(16)12-24;/h1-5,7-8,10,16,19-20H,6,9,11-13,23H2;1H. The summed E-state index contributed by atoms with van der Waals surface area (Å²) in [6, 6.07) is 15.2. The van der Waals surface area contributed by atoms with Gasteiger partial charge in [-0.2, -0.15) is 0 Å². The molecule has 0 radical (unpaired) electrons. The smallest absolute Gasteiger partial charge is 0.254 e. The van der Waals surface area contributed by atoms with Crippen molar-refractivity contribution in [3.63, 3.8) is 0 Å². The molecule has 4 nitrogen and oxygen atoms in total. The number of benzene rings is 2. The van der Waals surface area contributed by atoms with Crippen LogP contribution in [0.3, 0.4) is 0 Å². The van der Waals surface area contributed by atoms with Crippen molar-refractivity contribution in [2.24, 2.45) is 17.6 Å². The molecule has 2 aliphatic rings. The number of halogens is 2. The number of fused-ring (bicyclic) bond motifs is 1. The van der Waals surface area contributed by atoms with E-state index in [1.807, 2.05) is 53.4 Å². The molecule has 1 aliphatic carbocycles. The predicted molar refractivity (Wildman–Crippen MR) is 110 cm³/mol. The highest BCUT2D eigenvalue weighted by Gasteiger charge is 2.42. The zero-order valence-electron chi connectivity index (χ0n) is 15.0. The third kappa shape index (κ3) is 4.40. The van der Waals surface area contributed by atoms with Crippen LogP contribution in [-0.2, 0) is 6.61 Å². The van der Waals surface area contributed by atoms with Crippen LogP contribution in [0.15, 0.2) is 48.5 Å². The molecule has 0 bridgehead atoms. The summed E-state index contributed by atoms with van der Waals surface area (Å²) in [7, 11) is 0. The molecular weight excluding hydrogens is 383 g/mol. The summed E-state index contributed by atoms with van der Waals surface area (Å²) in [6.07, 6.45) is 2.23. The maximum absolute atomic E-state index is 12.9. The third-order valence-corrected chi connectivity index (χ3v) is 5.85. The fraction of sp³-hybridized carbons (Fsp3) is 0.381. The lowest BCUT2D eigenvalue weighted by Gasteiger charge is -2.19. The molecule has 1 aliphatic heterocycles. The van der Waals surface area contributed by atoms with Crippen LogP contribution in [0.4, 0.5) is 0 Å². The molecule has 3 unspecified atom stereocenters. The Morgan fingerprint density at radius 1 is 1.15 bits per heavy atom. The summed E-state index contributed by atoms with van der Waals surface area (Å²) in [6.45, 7) is 2.05. The van der Waals surface area contributed by atoms with Crippen LogP contribution < -0.4 is 10.5 Å². The fourth-order valence-corrected chi connectivity index (χ4v) is 4.25. The molecule has 1 saturated carbocycles. The normalized spacial score (nSPS) is 23.6. The quantitative estimate of drug-likeness (QED) is 0.829. The number of hydrogen-bond acceptors (Lipinski definition) is 3. The first-order valence-electron chi connectivity index (χ1n) is 9.12. The second-order valence-electron chi connectivity index (χ2n) is 7.32. The van der Waals surface area contributed by atoms with Gasteiger partial charge in [0.25, 0.3) is 5.91 Å². The van der Waals surface area contributed by atoms with Crippen molar-refractivity contribution in [3.05, 3.63) is 64.7 Å². The van der Waals surface area contributed by atoms with Gasteiger partial charge in [-0.25, -0.2) is 0 Å². The first-order valence-corrected chi connectivity index (χ1v) is 9.50. The van der Waals surface area contributed by atoms with E-state index in [0.717, 1.165) is 31.5 Å². The van der Waals surface area contributed by atoms with Gasteiger partial charge in [0.1, 0.15) is 12.4 Å². The molecule has 2 aromatic rings. The highest BCUT2D eigenvalue weighted by molar-refractivity contribution is 6.30. The van der Waals surface area contributed by atoms with E-state index in [0.29, 0.717) is 34.8 Å². The summed E-state index contributed by atoms with van der Waals surface area (Å²) in [4.78, 5) is 14.8. The van der Waals surface area contributed by atoms with E-state index < -0.39 is 0 Å². The van der Waals surface area contributed by atoms with E-state index in [1.54, 1.807) is 0 Å². The lowest BCUT2D eigenvalue weighted by atomic mass is 9.98. The first-order chi connectivity index (χ1) is 12.6. The number of nitrogens with two attached hydrogens (primary N) is 1. The average molecular weight is 407 g/mol. The van der Waals surface area contributed by atoms with Gasteiger partial charge >= 0.3 is 0 Å². The van der Waals surface area contributed by atoms with Crippen LogP contribution in [0.25, 0.3) is 0 Å². The SMILES string of the molecule is Cl.NC1CCC2CN(C(=O)c3cccc(OCc4ccc(Cl)cc4)c3)CC12. The maximum Gasteiger partial charge on any atom is 0.254 e. The topological polar surface area (TPSA) is 55.6 Å². The van der Waals surface area contributed by atoms with Crippen LogP contribution >= 0.6 is 24.0 Å². The maximum atomic E-state index is 12.9. The van der Waals surface area contributed by atoms with E-state index >= 15 is 0 Å². The molecule has 1 saturated heterocycles. The van der Waals surface area contributed by atoms with Crippen LogP contribution in [0.5, 0.6) is 5.75 Å². The highest BCUT2D eigenvalue weighted by atomic mass is 35.5. The highest BCUT2D eigenvalue weighted by Crippen LogP contribution is 2.37. The van der Waals surface area contributed by atoms with Crippen molar-refractivity contribution in [2.75, 3.05) is 13.1 Å². The van der Waals surface area contributed by atoms with Crippen molar-refractivity contribution >= 4 is 29.9 Å². The van der Waals surface area contributed by atoms with E-state index in [9.17, 15) is 4.79 Å². The number of ether oxygens (including phenoxy) is 1. The molecule has 2 fully saturated rings. The van der Waals surface area contributed by atoms with E-state index in [-0.39, 0.29) is 24.4 Å². The van der Waals surface area contributed by atoms with E-state index in [1.165, 1.54) is 0 Å². The number of hydrogen-bond donors (Lipinski definition) is 1. The molecule has 3 atom stereocenters. The van der Waals surface area contributed by atoms with E-state index in [2.05, 4.69) is 0 Å². The van der Waals surface area contributed by atoms with Crippen LogP contribution in [0.2, 0.25) is 5.02 Å². The molecule has 1 amide bonds. The minimum Gasteiger partial charge on any atom is -0.489 e. The Morgan fingerprint density at radius 3 is 2.67 bits per heavy atom. The van der Waals surface area contributed by atoms with Gasteiger partial charge in [0, 0.05) is 29.7 Å². The second kappa shape index (κ2) is 8.51. The summed E-state index contributed by atoms with van der Waals surface area (Å²) >= 11 is 5.90. The Bertz CT molecular complexity index is 797. The van der Waals surface area contributed by atoms with Gasteiger partial charge < -0.3 is 15.4 Å². The summed E-state index contributed by atoms with van der Waals surface area (Å²) in [5, 5.41) is 0.705. The van der Waals surface area contributed by atoms with Crippen LogP contribution in [-0.4, -0.2) is 29.9 Å². The minimum absolute atomic E-state index is 0. The Morgan fingerprint density at radius 2 is 1.93 bits per heavy atom. The largest absolute Gasteiger partial charge is 0.489 e. The van der Waals surface area contributed by atoms with Crippen molar-refractivity contribution < 1.29 is 9.53 Å². The Balaban J connectivity index is 0.00000210. The van der Waals surface area contributed by atoms with Gasteiger partial charge in [-0.3, -0.25) is 4.79 Å². The van der Waals surface area contributed by atoms with Gasteiger partial charge in [0.05, 0.1) is 0 Å². The monoisotopic (exact) mass is 406 g/mol. The lowest BCUT2D eigenvalue weighted by Crippen LogP contribution is -2.33. The van der Waals surface area contributed by atoms with Crippen molar-refractivity contribution in [1.29, 1.82) is 0 Å². The molecule has 27 heavy (non-hydrogen) atoms. The molecule has 6 heteroatoms. The number of nitrogens with zero attached hydrogens (tertiary/aromatic N) is 1. The predicted octanol–water partition coefficient (Wildman–Crippen LogP) is 4.15. The first kappa shape index (κ1) is 20.0. The Hall–Kier alpha value is -1.75. The number of amides is 1. The van der Waals surface area contributed by atoms with Gasteiger partial charge in [0.2, 0.25) is 0 Å². The molecule has 1 heterocycles.